The molecular weight excluding hydrogens is 396 g/mol. The molecule has 2 atom stereocenters. The first-order chi connectivity index (χ1) is 14.2. The van der Waals surface area contributed by atoms with Crippen LogP contribution in [0.15, 0.2) is 68.4 Å². The zero-order valence-corrected chi connectivity index (χ0v) is 15.8. The number of hydrogen-bond donors (Lipinski definition) is 0. The van der Waals surface area contributed by atoms with E-state index in [1.807, 2.05) is 12.2 Å². The molecule has 0 amide bonds. The van der Waals surface area contributed by atoms with E-state index in [0.29, 0.717) is 16.7 Å². The molecule has 0 N–H and O–H groups in total. The molecule has 1 aliphatic carbocycles. The van der Waals surface area contributed by atoms with Gasteiger partial charge in [-0.15, -0.1) is 10.2 Å². The standard InChI is InChI=1S/C20H14N2O6S/c23-18(14-12-13-6-1-2-7-15(13)27-19(14)24)26-9-3-4-11-29-20-22-21-17(28-20)16-8-5-10-25-16/h1-2,5-8,10,12-13,15H,9,11H2/t13-,15+/m1/s1. The third-order valence-electron chi connectivity index (χ3n) is 3.97. The van der Waals surface area contributed by atoms with Gasteiger partial charge < -0.3 is 18.3 Å². The van der Waals surface area contributed by atoms with E-state index in [1.54, 1.807) is 30.4 Å². The molecule has 3 heterocycles. The number of fused-ring (bicyclic) bond motifs is 1. The van der Waals surface area contributed by atoms with Crippen LogP contribution in [-0.2, 0) is 19.1 Å². The topological polar surface area (TPSA) is 105 Å². The predicted octanol–water partition coefficient (Wildman–Crippen LogP) is 2.56. The summed E-state index contributed by atoms with van der Waals surface area (Å²) in [6, 6.07) is 3.44. The molecule has 0 unspecified atom stereocenters. The summed E-state index contributed by atoms with van der Waals surface area (Å²) in [5.74, 6) is 5.06. The molecule has 0 aromatic carbocycles. The Balaban J connectivity index is 1.24. The zero-order valence-electron chi connectivity index (χ0n) is 14.9. The van der Waals surface area contributed by atoms with Crippen molar-refractivity contribution in [2.45, 2.75) is 11.3 Å². The Morgan fingerprint density at radius 1 is 1.24 bits per heavy atom. The Kier molecular flexibility index (Phi) is 5.63. The van der Waals surface area contributed by atoms with Gasteiger partial charge in [-0.2, -0.15) is 0 Å². The van der Waals surface area contributed by atoms with Gasteiger partial charge in [-0.1, -0.05) is 47.9 Å². The van der Waals surface area contributed by atoms with Crippen LogP contribution in [0.2, 0.25) is 0 Å². The minimum absolute atomic E-state index is 0.112. The number of aromatic nitrogens is 2. The van der Waals surface area contributed by atoms with Crippen molar-refractivity contribution in [2.75, 3.05) is 12.4 Å². The van der Waals surface area contributed by atoms with E-state index in [4.69, 9.17) is 18.3 Å². The summed E-state index contributed by atoms with van der Waals surface area (Å²) in [6.45, 7) is -0.144. The van der Waals surface area contributed by atoms with Crippen molar-refractivity contribution in [1.29, 1.82) is 0 Å². The largest absolute Gasteiger partial charge is 0.459 e. The van der Waals surface area contributed by atoms with Crippen LogP contribution in [0.3, 0.4) is 0 Å². The number of allylic oxidation sites excluding steroid dienone is 2. The Labute approximate surface area is 169 Å². The number of carbonyl (C=O) groups is 2. The van der Waals surface area contributed by atoms with Crippen LogP contribution >= 0.6 is 11.8 Å². The minimum Gasteiger partial charge on any atom is -0.459 e. The number of rotatable bonds is 5. The summed E-state index contributed by atoms with van der Waals surface area (Å²) in [4.78, 5) is 24.1. The molecule has 8 nitrogen and oxygen atoms in total. The van der Waals surface area contributed by atoms with Crippen molar-refractivity contribution in [3.8, 4) is 23.5 Å². The second-order valence-electron chi connectivity index (χ2n) is 5.87. The third-order valence-corrected chi connectivity index (χ3v) is 4.67. The second-order valence-corrected chi connectivity index (χ2v) is 6.79. The van der Waals surface area contributed by atoms with Crippen molar-refractivity contribution < 1.29 is 27.9 Å². The highest BCUT2D eigenvalue weighted by Gasteiger charge is 2.33. The van der Waals surface area contributed by atoms with Gasteiger partial charge in [0.1, 0.15) is 11.7 Å². The van der Waals surface area contributed by atoms with Crippen LogP contribution in [-0.4, -0.2) is 40.6 Å². The molecule has 9 heteroatoms. The molecule has 2 aromatic heterocycles. The van der Waals surface area contributed by atoms with Crippen LogP contribution in [0.25, 0.3) is 11.7 Å². The summed E-state index contributed by atoms with van der Waals surface area (Å²) in [6.07, 6.45) is 9.97. The lowest BCUT2D eigenvalue weighted by Gasteiger charge is -2.26. The fourth-order valence-electron chi connectivity index (χ4n) is 2.62. The van der Waals surface area contributed by atoms with Crippen LogP contribution in [0.1, 0.15) is 0 Å². The molecule has 0 fully saturated rings. The van der Waals surface area contributed by atoms with Gasteiger partial charge in [0.05, 0.1) is 12.0 Å². The number of furan rings is 1. The normalized spacial score (nSPS) is 19.6. The van der Waals surface area contributed by atoms with E-state index in [0.717, 1.165) is 0 Å². The first-order valence-corrected chi connectivity index (χ1v) is 9.60. The fraction of sp³-hybridized carbons (Fsp3) is 0.200. The van der Waals surface area contributed by atoms with Crippen molar-refractivity contribution in [2.24, 2.45) is 5.92 Å². The van der Waals surface area contributed by atoms with Gasteiger partial charge in [-0.05, 0) is 18.2 Å². The summed E-state index contributed by atoms with van der Waals surface area (Å²) < 4.78 is 20.9. The molecule has 1 aliphatic heterocycles. The summed E-state index contributed by atoms with van der Waals surface area (Å²) >= 11 is 1.24. The highest BCUT2D eigenvalue weighted by molar-refractivity contribution is 7.99. The third kappa shape index (κ3) is 4.50. The predicted molar refractivity (Wildman–Crippen MR) is 101 cm³/mol. The van der Waals surface area contributed by atoms with Crippen LogP contribution in [0, 0.1) is 17.8 Å². The maximum absolute atomic E-state index is 12.1. The van der Waals surface area contributed by atoms with Crippen LogP contribution in [0.4, 0.5) is 0 Å². The molecule has 0 radical (unpaired) electrons. The number of hydrogen-bond acceptors (Lipinski definition) is 9. The molecular formula is C20H14N2O6S. The van der Waals surface area contributed by atoms with Crippen molar-refractivity contribution in [3.63, 3.8) is 0 Å². The van der Waals surface area contributed by atoms with Gasteiger partial charge in [0, 0.05) is 5.92 Å². The lowest BCUT2D eigenvalue weighted by molar-refractivity contribution is -0.150. The zero-order chi connectivity index (χ0) is 20.1. The average Bonchev–Trinajstić information content (AvgIpc) is 3.41. The van der Waals surface area contributed by atoms with E-state index in [-0.39, 0.29) is 30.1 Å². The molecule has 0 saturated heterocycles. The van der Waals surface area contributed by atoms with Gasteiger partial charge in [0.25, 0.3) is 11.1 Å². The molecule has 0 spiro atoms. The lowest BCUT2D eigenvalue weighted by Crippen LogP contribution is -2.33. The van der Waals surface area contributed by atoms with Gasteiger partial charge in [-0.25, -0.2) is 9.59 Å². The van der Waals surface area contributed by atoms with Crippen molar-refractivity contribution in [1.82, 2.24) is 10.2 Å². The minimum atomic E-state index is -0.752. The highest BCUT2D eigenvalue weighted by Crippen LogP contribution is 2.26. The second kappa shape index (κ2) is 8.67. The number of esters is 2. The number of nitrogens with zero attached hydrogens (tertiary/aromatic N) is 2. The van der Waals surface area contributed by atoms with Gasteiger partial charge in [0.2, 0.25) is 0 Å². The smallest absolute Gasteiger partial charge is 0.346 e. The quantitative estimate of drug-likeness (QED) is 0.318. The van der Waals surface area contributed by atoms with Crippen molar-refractivity contribution in [3.05, 3.63) is 54.3 Å². The highest BCUT2D eigenvalue weighted by atomic mass is 32.2. The first kappa shape index (κ1) is 18.8. The van der Waals surface area contributed by atoms with E-state index >= 15 is 0 Å². The van der Waals surface area contributed by atoms with E-state index in [1.165, 1.54) is 18.0 Å². The van der Waals surface area contributed by atoms with E-state index in [2.05, 4.69) is 22.0 Å². The SMILES string of the molecule is O=C(OCC#CCSc1nnc(-c2ccco2)o1)C1=C[C@H]2C=CC=C[C@@H]2OC1=O. The Hall–Kier alpha value is -3.51. The molecule has 2 aliphatic rings. The number of carbonyl (C=O) groups excluding carboxylic acids is 2. The van der Waals surface area contributed by atoms with Gasteiger partial charge in [-0.3, -0.25) is 0 Å². The summed E-state index contributed by atoms with van der Waals surface area (Å²) in [7, 11) is 0. The Bertz CT molecular complexity index is 1050. The van der Waals surface area contributed by atoms with Gasteiger partial charge >= 0.3 is 11.9 Å². The molecule has 2 aromatic rings. The van der Waals surface area contributed by atoms with Crippen LogP contribution < -0.4 is 0 Å². The molecule has 146 valence electrons. The van der Waals surface area contributed by atoms with E-state index in [9.17, 15) is 9.59 Å². The van der Waals surface area contributed by atoms with Gasteiger partial charge in [0.15, 0.2) is 12.4 Å². The lowest BCUT2D eigenvalue weighted by atomic mass is 9.93. The number of thioether (sulfide) groups is 1. The number of ether oxygens (including phenoxy) is 2. The monoisotopic (exact) mass is 410 g/mol. The Morgan fingerprint density at radius 3 is 3.00 bits per heavy atom. The maximum atomic E-state index is 12.1. The Morgan fingerprint density at radius 2 is 2.14 bits per heavy atom. The molecule has 4 rings (SSSR count). The molecule has 0 bridgehead atoms. The van der Waals surface area contributed by atoms with Crippen LogP contribution in [0.5, 0.6) is 0 Å². The fourth-order valence-corrected chi connectivity index (χ4v) is 3.15. The summed E-state index contributed by atoms with van der Waals surface area (Å²) in [5, 5.41) is 8.11. The molecule has 29 heavy (non-hydrogen) atoms. The summed E-state index contributed by atoms with van der Waals surface area (Å²) in [5.41, 5.74) is -0.112. The first-order valence-electron chi connectivity index (χ1n) is 8.61. The average molecular weight is 410 g/mol. The van der Waals surface area contributed by atoms with Crippen molar-refractivity contribution >= 4 is 23.7 Å². The molecule has 0 saturated carbocycles. The van der Waals surface area contributed by atoms with E-state index < -0.39 is 11.9 Å². The maximum Gasteiger partial charge on any atom is 0.346 e.